The van der Waals surface area contributed by atoms with Gasteiger partial charge >= 0.3 is 0 Å². The standard InChI is InChI=1S/C72H67N.C2H6/c1-6-71(5)67-31-21-19-29-61(67)64-45-43-60(50-70(64)71)73(58-27-17-12-18-28-58)59-42-41-56(39-35-52-23-13-11-14-24-52)66(49-59)65-48-54(34-33-51(65)4)47-57(55-25-15-9-10-16-26-55)40-36-53-37-44-63-62-30-20-22-32-68(62)72(7-2,8-3)69(63)46-38-53;1-2/h9-15,17-34,37-38,41-46,48-50,57,69H,6-8,16,36,40,47H2,1-5H3;1-2H3. The molecule has 0 fully saturated rings. The predicted molar refractivity (Wildman–Crippen MR) is 322 cm³/mol. The van der Waals surface area contributed by atoms with Crippen LogP contribution >= 0.6 is 0 Å². The molecular weight excluding hydrogens is 903 g/mol. The van der Waals surface area contributed by atoms with Crippen molar-refractivity contribution in [2.75, 3.05) is 4.90 Å². The molecule has 0 aromatic heterocycles. The molecule has 0 N–H and O–H groups in total. The van der Waals surface area contributed by atoms with Crippen molar-refractivity contribution in [1.29, 1.82) is 0 Å². The Morgan fingerprint density at radius 3 is 2.05 bits per heavy atom. The van der Waals surface area contributed by atoms with Gasteiger partial charge in [0.05, 0.1) is 0 Å². The van der Waals surface area contributed by atoms with Crippen LogP contribution in [0.5, 0.6) is 0 Å². The number of rotatable bonds is 13. The number of nitrogens with zero attached hydrogens (tertiary/aromatic N) is 1. The summed E-state index contributed by atoms with van der Waals surface area (Å²) in [5, 5.41) is 0. The molecule has 4 aliphatic rings. The average molecular weight is 976 g/mol. The Kier molecular flexibility index (Phi) is 15.2. The van der Waals surface area contributed by atoms with E-state index < -0.39 is 0 Å². The van der Waals surface area contributed by atoms with Crippen LogP contribution in [-0.2, 0) is 17.3 Å². The van der Waals surface area contributed by atoms with E-state index in [1.54, 1.807) is 0 Å². The first kappa shape index (κ1) is 50.9. The van der Waals surface area contributed by atoms with E-state index in [1.807, 2.05) is 13.8 Å². The summed E-state index contributed by atoms with van der Waals surface area (Å²) in [6, 6.07) is 60.6. The molecule has 0 radical (unpaired) electrons. The topological polar surface area (TPSA) is 3.24 Å². The Morgan fingerprint density at radius 2 is 1.28 bits per heavy atom. The molecule has 7 aromatic carbocycles. The molecule has 0 amide bonds. The van der Waals surface area contributed by atoms with Crippen LogP contribution in [0.3, 0.4) is 0 Å². The largest absolute Gasteiger partial charge is 0.310 e. The van der Waals surface area contributed by atoms with Crippen LogP contribution in [0.15, 0.2) is 230 Å². The molecule has 0 aliphatic heterocycles. The first-order chi connectivity index (χ1) is 36.8. The highest BCUT2D eigenvalue weighted by Crippen LogP contribution is 2.56. The number of aryl methyl sites for hydroxylation is 1. The van der Waals surface area contributed by atoms with Crippen molar-refractivity contribution in [2.24, 2.45) is 11.8 Å². The zero-order valence-electron chi connectivity index (χ0n) is 45.3. The third-order valence-electron chi connectivity index (χ3n) is 17.1. The van der Waals surface area contributed by atoms with Crippen LogP contribution in [0.1, 0.15) is 125 Å². The van der Waals surface area contributed by atoms with Crippen molar-refractivity contribution in [2.45, 2.75) is 104 Å². The zero-order valence-corrected chi connectivity index (χ0v) is 45.3. The highest BCUT2D eigenvalue weighted by Gasteiger charge is 2.46. The van der Waals surface area contributed by atoms with Gasteiger partial charge in [-0.1, -0.05) is 217 Å². The molecule has 1 nitrogen and oxygen atoms in total. The predicted octanol–water partition coefficient (Wildman–Crippen LogP) is 19.9. The van der Waals surface area contributed by atoms with Gasteiger partial charge in [-0.3, -0.25) is 0 Å². The molecule has 0 bridgehead atoms. The van der Waals surface area contributed by atoms with E-state index in [4.69, 9.17) is 0 Å². The fraction of sp³-hybridized carbons (Fsp3) is 0.243. The van der Waals surface area contributed by atoms with Gasteiger partial charge in [-0.15, -0.1) is 0 Å². The fourth-order valence-electron chi connectivity index (χ4n) is 12.8. The van der Waals surface area contributed by atoms with Gasteiger partial charge in [0.1, 0.15) is 0 Å². The highest BCUT2D eigenvalue weighted by molar-refractivity contribution is 5.88. The van der Waals surface area contributed by atoms with E-state index in [9.17, 15) is 0 Å². The van der Waals surface area contributed by atoms with E-state index in [0.717, 1.165) is 78.7 Å². The summed E-state index contributed by atoms with van der Waals surface area (Å²) in [6.45, 7) is 15.8. The molecule has 4 aliphatic carbocycles. The van der Waals surface area contributed by atoms with Gasteiger partial charge < -0.3 is 4.90 Å². The Bertz CT molecular complexity index is 3450. The fourth-order valence-corrected chi connectivity index (χ4v) is 12.8. The van der Waals surface area contributed by atoms with Crippen molar-refractivity contribution in [1.82, 2.24) is 0 Å². The van der Waals surface area contributed by atoms with Crippen molar-refractivity contribution in [3.63, 3.8) is 0 Å². The SMILES string of the molecule is CC.CCC1(C)c2ccccc2-c2ccc(N(c3ccccc3)c3ccc(C#Cc4ccccc4)c(-c4cc(CC(CCC5=CC=C6c7ccccc7C(CC)(CC)C6C=C5)C5=CCC=CC=C5)ccc4C)c3)cc21. The number of anilines is 3. The van der Waals surface area contributed by atoms with Crippen molar-refractivity contribution < 1.29 is 0 Å². The minimum Gasteiger partial charge on any atom is -0.310 e. The lowest BCUT2D eigenvalue weighted by atomic mass is 9.70. The van der Waals surface area contributed by atoms with E-state index >= 15 is 0 Å². The maximum absolute atomic E-state index is 3.67. The second kappa shape index (κ2) is 22.4. The molecule has 75 heavy (non-hydrogen) atoms. The molecule has 11 rings (SSSR count). The van der Waals surface area contributed by atoms with Crippen LogP contribution in [-0.4, -0.2) is 0 Å². The number of allylic oxidation sites excluding steroid dienone is 12. The van der Waals surface area contributed by atoms with Crippen molar-refractivity contribution >= 4 is 22.6 Å². The molecule has 0 saturated carbocycles. The quantitative estimate of drug-likeness (QED) is 0.104. The summed E-state index contributed by atoms with van der Waals surface area (Å²) < 4.78 is 0. The third kappa shape index (κ3) is 9.81. The monoisotopic (exact) mass is 976 g/mol. The van der Waals surface area contributed by atoms with Crippen LogP contribution in [0.2, 0.25) is 0 Å². The maximum Gasteiger partial charge on any atom is 0.0468 e. The Balaban J connectivity index is 0.00000317. The molecule has 0 spiro atoms. The molecular formula is C74H73N. The van der Waals surface area contributed by atoms with Gasteiger partial charge in [-0.05, 0) is 185 Å². The van der Waals surface area contributed by atoms with Crippen LogP contribution in [0.25, 0.3) is 27.8 Å². The van der Waals surface area contributed by atoms with Gasteiger partial charge in [0.25, 0.3) is 0 Å². The summed E-state index contributed by atoms with van der Waals surface area (Å²) in [5.74, 6) is 7.95. The first-order valence-electron chi connectivity index (χ1n) is 27.9. The van der Waals surface area contributed by atoms with Gasteiger partial charge in [0, 0.05) is 44.9 Å². The summed E-state index contributed by atoms with van der Waals surface area (Å²) in [6.07, 6.45) is 28.7. The smallest absolute Gasteiger partial charge is 0.0468 e. The Labute approximate surface area is 449 Å². The number of hydrogen-bond acceptors (Lipinski definition) is 1. The molecule has 3 atom stereocenters. The molecule has 0 heterocycles. The zero-order chi connectivity index (χ0) is 51.9. The summed E-state index contributed by atoms with van der Waals surface area (Å²) in [5.41, 5.74) is 23.2. The van der Waals surface area contributed by atoms with Gasteiger partial charge in [-0.25, -0.2) is 0 Å². The number of benzene rings is 7. The summed E-state index contributed by atoms with van der Waals surface area (Å²) in [4.78, 5) is 2.44. The summed E-state index contributed by atoms with van der Waals surface area (Å²) in [7, 11) is 0. The molecule has 374 valence electrons. The van der Waals surface area contributed by atoms with E-state index in [2.05, 4.69) is 270 Å². The van der Waals surface area contributed by atoms with Crippen molar-refractivity contribution in [3.8, 4) is 34.1 Å². The lowest BCUT2D eigenvalue weighted by Crippen LogP contribution is -2.28. The van der Waals surface area contributed by atoms with E-state index in [0.29, 0.717) is 11.8 Å². The average Bonchev–Trinajstić information content (AvgIpc) is 3.61. The van der Waals surface area contributed by atoms with Gasteiger partial charge in [0.15, 0.2) is 0 Å². The number of para-hydroxylation sites is 1. The number of fused-ring (bicyclic) bond motifs is 6. The second-order valence-electron chi connectivity index (χ2n) is 20.9. The number of hydrogen-bond donors (Lipinski definition) is 0. The Hall–Kier alpha value is -7.66. The Morgan fingerprint density at radius 1 is 0.587 bits per heavy atom. The van der Waals surface area contributed by atoms with Crippen LogP contribution in [0, 0.1) is 30.6 Å². The van der Waals surface area contributed by atoms with Gasteiger partial charge in [0.2, 0.25) is 0 Å². The van der Waals surface area contributed by atoms with Crippen LogP contribution in [0.4, 0.5) is 17.1 Å². The van der Waals surface area contributed by atoms with Gasteiger partial charge in [-0.2, -0.15) is 0 Å². The molecule has 0 saturated heterocycles. The highest BCUT2D eigenvalue weighted by atomic mass is 15.1. The minimum atomic E-state index is -0.0793. The van der Waals surface area contributed by atoms with E-state index in [-0.39, 0.29) is 10.8 Å². The summed E-state index contributed by atoms with van der Waals surface area (Å²) >= 11 is 0. The van der Waals surface area contributed by atoms with E-state index in [1.165, 1.54) is 66.8 Å². The first-order valence-corrected chi connectivity index (χ1v) is 27.9. The molecule has 1 heteroatoms. The minimum absolute atomic E-state index is 0.0793. The second-order valence-corrected chi connectivity index (χ2v) is 20.9. The normalized spacial score (nSPS) is 17.7. The van der Waals surface area contributed by atoms with Crippen LogP contribution < -0.4 is 4.90 Å². The van der Waals surface area contributed by atoms with Crippen molar-refractivity contribution in [3.05, 3.63) is 274 Å². The molecule has 7 aromatic rings. The molecule has 3 unspecified atom stereocenters. The lowest BCUT2D eigenvalue weighted by Gasteiger charge is -2.33. The lowest BCUT2D eigenvalue weighted by molar-refractivity contribution is 0.359. The maximum atomic E-state index is 3.67. The third-order valence-corrected chi connectivity index (χ3v) is 17.1.